The summed E-state index contributed by atoms with van der Waals surface area (Å²) < 4.78 is 29.1. The van der Waals surface area contributed by atoms with Gasteiger partial charge in [0, 0.05) is 18.9 Å². The summed E-state index contributed by atoms with van der Waals surface area (Å²) in [5.74, 6) is -2.08. The number of nitrogens with zero attached hydrogens (tertiary/aromatic N) is 1. The number of rotatable bonds is 10. The predicted octanol–water partition coefficient (Wildman–Crippen LogP) is 2.22. The largest absolute Gasteiger partial charge is 0.466 e. The summed E-state index contributed by atoms with van der Waals surface area (Å²) in [7, 11) is -3.17. The molecule has 2 rings (SSSR count). The van der Waals surface area contributed by atoms with Crippen LogP contribution in [0.25, 0.3) is 0 Å². The van der Waals surface area contributed by atoms with Crippen LogP contribution in [0.4, 0.5) is 0 Å². The molecule has 0 spiro atoms. The minimum atomic E-state index is -3.17. The lowest BCUT2D eigenvalue weighted by atomic mass is 9.90. The lowest BCUT2D eigenvalue weighted by Crippen LogP contribution is -2.37. The Bertz CT molecular complexity index is 677. The average Bonchev–Trinajstić information content (AvgIpc) is 3.09. The number of fused-ring (bicyclic) bond motifs is 1. The van der Waals surface area contributed by atoms with E-state index in [1.165, 1.54) is 4.90 Å². The summed E-state index contributed by atoms with van der Waals surface area (Å²) >= 11 is 0. The number of esters is 1. The van der Waals surface area contributed by atoms with Gasteiger partial charge in [0.05, 0.1) is 43.7 Å². The molecule has 8 nitrogen and oxygen atoms in total. The third-order valence-electron chi connectivity index (χ3n) is 5.09. The smallest absolute Gasteiger partial charge is 0.306 e. The molecule has 5 atom stereocenters. The van der Waals surface area contributed by atoms with Gasteiger partial charge in [0.15, 0.2) is 0 Å². The highest BCUT2D eigenvalue weighted by Gasteiger charge is 2.57. The zero-order chi connectivity index (χ0) is 20.9. The standard InChI is InChI=1S/C19H30NO7P/c1-5-8-14-17-16(13(4)27-14)18(22)20(19(17)23)10-12-28(24,26-7-3)11-9-15(21)25-6-2/h5,8,13-14,16-17H,6-7,9-12H2,1-4H3/b8-5-. The molecule has 0 radical (unpaired) electrons. The number of hydrogen-bond donors (Lipinski definition) is 0. The molecule has 0 bridgehead atoms. The number of allylic oxidation sites excluding steroid dienone is 1. The molecule has 2 amide bonds. The molecule has 0 aromatic carbocycles. The first kappa shape index (κ1) is 22.8. The molecular formula is C19H30NO7P. The van der Waals surface area contributed by atoms with Gasteiger partial charge in [0.25, 0.3) is 0 Å². The maximum atomic E-state index is 13.1. The fourth-order valence-corrected chi connectivity index (χ4v) is 5.81. The molecule has 2 heterocycles. The SMILES string of the molecule is C/C=C\C1OC(C)C2C(=O)N(CCP(=O)(CCC(=O)OCC)OCC)C(=O)C12. The number of likely N-dealkylation sites (tertiary alicyclic amines) is 1. The first-order valence-electron chi connectivity index (χ1n) is 9.79. The number of hydrogen-bond acceptors (Lipinski definition) is 7. The number of carbonyl (C=O) groups excluding carboxylic acids is 3. The van der Waals surface area contributed by atoms with Crippen molar-refractivity contribution in [2.45, 2.75) is 46.3 Å². The molecule has 2 saturated heterocycles. The van der Waals surface area contributed by atoms with Crippen LogP contribution < -0.4 is 0 Å². The zero-order valence-corrected chi connectivity index (χ0v) is 17.9. The van der Waals surface area contributed by atoms with Gasteiger partial charge in [-0.2, -0.15) is 0 Å². The first-order chi connectivity index (χ1) is 13.3. The van der Waals surface area contributed by atoms with Gasteiger partial charge in [0.1, 0.15) is 0 Å². The highest BCUT2D eigenvalue weighted by molar-refractivity contribution is 7.59. The Hall–Kier alpha value is -1.50. The van der Waals surface area contributed by atoms with Crippen molar-refractivity contribution in [3.63, 3.8) is 0 Å². The minimum absolute atomic E-state index is 0.0139. The van der Waals surface area contributed by atoms with Crippen molar-refractivity contribution in [3.8, 4) is 0 Å². The second-order valence-corrected chi connectivity index (χ2v) is 9.73. The van der Waals surface area contributed by atoms with Gasteiger partial charge in [-0.25, -0.2) is 0 Å². The van der Waals surface area contributed by atoms with Crippen LogP contribution in [0.1, 0.15) is 34.1 Å². The zero-order valence-electron chi connectivity index (χ0n) is 17.0. The lowest BCUT2D eigenvalue weighted by molar-refractivity contribution is -0.144. The van der Waals surface area contributed by atoms with Crippen LogP contribution in [0.3, 0.4) is 0 Å². The molecule has 0 aliphatic carbocycles. The third-order valence-corrected chi connectivity index (χ3v) is 7.61. The van der Waals surface area contributed by atoms with Gasteiger partial charge < -0.3 is 14.0 Å². The van der Waals surface area contributed by atoms with E-state index in [-0.39, 0.29) is 56.4 Å². The fourth-order valence-electron chi connectivity index (χ4n) is 3.83. The van der Waals surface area contributed by atoms with Crippen LogP contribution in [0, 0.1) is 11.8 Å². The maximum Gasteiger partial charge on any atom is 0.306 e. The van der Waals surface area contributed by atoms with Crippen LogP contribution in [0.2, 0.25) is 0 Å². The molecule has 0 aromatic rings. The van der Waals surface area contributed by atoms with Gasteiger partial charge in [-0.15, -0.1) is 0 Å². The summed E-state index contributed by atoms with van der Waals surface area (Å²) in [5, 5.41) is 0. The monoisotopic (exact) mass is 415 g/mol. The molecular weight excluding hydrogens is 385 g/mol. The molecule has 28 heavy (non-hydrogen) atoms. The molecule has 0 saturated carbocycles. The van der Waals surface area contributed by atoms with Gasteiger partial charge >= 0.3 is 5.97 Å². The first-order valence-corrected chi connectivity index (χ1v) is 11.8. The Labute approximate surface area is 166 Å². The Kier molecular flexibility index (Phi) is 7.98. The van der Waals surface area contributed by atoms with Crippen molar-refractivity contribution in [2.75, 3.05) is 32.1 Å². The van der Waals surface area contributed by atoms with Crippen molar-refractivity contribution >= 4 is 25.2 Å². The Morgan fingerprint density at radius 1 is 1.18 bits per heavy atom. The lowest BCUT2D eigenvalue weighted by Gasteiger charge is -2.23. The molecule has 9 heteroatoms. The molecule has 0 aromatic heterocycles. The summed E-state index contributed by atoms with van der Waals surface area (Å²) in [6.07, 6.45) is 2.86. The van der Waals surface area contributed by atoms with Crippen molar-refractivity contribution in [1.29, 1.82) is 0 Å². The van der Waals surface area contributed by atoms with Crippen molar-refractivity contribution < 1.29 is 32.9 Å². The van der Waals surface area contributed by atoms with E-state index >= 15 is 0 Å². The Morgan fingerprint density at radius 2 is 1.86 bits per heavy atom. The predicted molar refractivity (Wildman–Crippen MR) is 103 cm³/mol. The van der Waals surface area contributed by atoms with Crippen LogP contribution in [-0.2, 0) is 32.9 Å². The van der Waals surface area contributed by atoms with E-state index in [0.29, 0.717) is 0 Å². The fraction of sp³-hybridized carbons (Fsp3) is 0.737. The Balaban J connectivity index is 2.05. The average molecular weight is 415 g/mol. The van der Waals surface area contributed by atoms with E-state index in [1.54, 1.807) is 32.9 Å². The van der Waals surface area contributed by atoms with Gasteiger partial charge in [-0.05, 0) is 27.7 Å². The minimum Gasteiger partial charge on any atom is -0.466 e. The van der Waals surface area contributed by atoms with Gasteiger partial charge in [0.2, 0.25) is 19.2 Å². The number of imide groups is 1. The van der Waals surface area contributed by atoms with Crippen molar-refractivity contribution in [1.82, 2.24) is 4.90 Å². The van der Waals surface area contributed by atoms with Crippen LogP contribution in [0.5, 0.6) is 0 Å². The van der Waals surface area contributed by atoms with E-state index in [4.69, 9.17) is 14.0 Å². The van der Waals surface area contributed by atoms with Crippen LogP contribution in [-0.4, -0.2) is 67.0 Å². The van der Waals surface area contributed by atoms with Crippen LogP contribution >= 0.6 is 7.37 Å². The molecule has 0 N–H and O–H groups in total. The summed E-state index contributed by atoms with van der Waals surface area (Å²) in [4.78, 5) is 38.4. The third kappa shape index (κ3) is 4.91. The van der Waals surface area contributed by atoms with Crippen LogP contribution in [0.15, 0.2) is 12.2 Å². The number of amides is 2. The molecule has 2 aliphatic rings. The van der Waals surface area contributed by atoms with E-state index in [2.05, 4.69) is 0 Å². The van der Waals surface area contributed by atoms with E-state index in [1.807, 2.05) is 6.92 Å². The molecule has 2 aliphatic heterocycles. The summed E-state index contributed by atoms with van der Waals surface area (Å²) in [6, 6.07) is 0. The molecule has 2 fully saturated rings. The summed E-state index contributed by atoms with van der Waals surface area (Å²) in [5.41, 5.74) is 0. The Morgan fingerprint density at radius 3 is 2.46 bits per heavy atom. The second kappa shape index (κ2) is 9.81. The highest BCUT2D eigenvalue weighted by atomic mass is 31.2. The maximum absolute atomic E-state index is 13.1. The second-order valence-electron chi connectivity index (χ2n) is 6.95. The quantitative estimate of drug-likeness (QED) is 0.233. The van der Waals surface area contributed by atoms with Gasteiger partial charge in [-0.1, -0.05) is 12.2 Å². The van der Waals surface area contributed by atoms with E-state index in [9.17, 15) is 18.9 Å². The number of carbonyl (C=O) groups is 3. The van der Waals surface area contributed by atoms with E-state index < -0.39 is 31.3 Å². The van der Waals surface area contributed by atoms with Crippen molar-refractivity contribution in [2.24, 2.45) is 11.8 Å². The normalized spacial score (nSPS) is 29.4. The highest BCUT2D eigenvalue weighted by Crippen LogP contribution is 2.48. The molecule has 5 unspecified atom stereocenters. The topological polar surface area (TPSA) is 99.2 Å². The van der Waals surface area contributed by atoms with Crippen molar-refractivity contribution in [3.05, 3.63) is 12.2 Å². The molecule has 158 valence electrons. The summed E-state index contributed by atoms with van der Waals surface area (Å²) in [6.45, 7) is 7.54. The van der Waals surface area contributed by atoms with Gasteiger partial charge in [-0.3, -0.25) is 23.8 Å². The van der Waals surface area contributed by atoms with E-state index in [0.717, 1.165) is 0 Å². The number of ether oxygens (including phenoxy) is 2.